The van der Waals surface area contributed by atoms with Crippen LogP contribution in [0.5, 0.6) is 0 Å². The second kappa shape index (κ2) is 6.68. The van der Waals surface area contributed by atoms with E-state index in [4.69, 9.17) is 5.73 Å². The molecule has 1 aliphatic rings. The van der Waals surface area contributed by atoms with Crippen LogP contribution in [0.3, 0.4) is 0 Å². The van der Waals surface area contributed by atoms with E-state index in [2.05, 4.69) is 5.32 Å². The largest absolute Gasteiger partial charge is 0.396 e. The Morgan fingerprint density at radius 3 is 2.58 bits per heavy atom. The molecule has 0 saturated heterocycles. The summed E-state index contributed by atoms with van der Waals surface area (Å²) in [7, 11) is 0. The monoisotopic (exact) mass is 262 g/mol. The maximum absolute atomic E-state index is 11.0. The minimum atomic E-state index is -0.392. The maximum atomic E-state index is 11.0. The summed E-state index contributed by atoms with van der Waals surface area (Å²) in [4.78, 5) is 11.0. The molecule has 2 unspecified atom stereocenters. The SMILES string of the molecule is NC(=O)c1ccc(CNCC2CCCC2CO)cc1. The summed E-state index contributed by atoms with van der Waals surface area (Å²) >= 11 is 0. The van der Waals surface area contributed by atoms with Gasteiger partial charge in [-0.3, -0.25) is 4.79 Å². The highest BCUT2D eigenvalue weighted by molar-refractivity contribution is 5.92. The van der Waals surface area contributed by atoms with E-state index < -0.39 is 5.91 Å². The van der Waals surface area contributed by atoms with Gasteiger partial charge in [-0.2, -0.15) is 0 Å². The van der Waals surface area contributed by atoms with Crippen LogP contribution in [0.4, 0.5) is 0 Å². The molecule has 4 N–H and O–H groups in total. The number of benzene rings is 1. The highest BCUT2D eigenvalue weighted by atomic mass is 16.3. The Kier molecular flexibility index (Phi) is 4.93. The molecule has 4 heteroatoms. The average molecular weight is 262 g/mol. The summed E-state index contributed by atoms with van der Waals surface area (Å²) in [6.45, 7) is 2.04. The van der Waals surface area contributed by atoms with Gasteiger partial charge in [-0.05, 0) is 48.9 Å². The van der Waals surface area contributed by atoms with Crippen LogP contribution < -0.4 is 11.1 Å². The molecule has 1 amide bonds. The second-order valence-corrected chi connectivity index (χ2v) is 5.33. The number of rotatable bonds is 6. The fourth-order valence-electron chi connectivity index (χ4n) is 2.81. The first-order valence-electron chi connectivity index (χ1n) is 6.91. The van der Waals surface area contributed by atoms with Gasteiger partial charge in [0.25, 0.3) is 0 Å². The van der Waals surface area contributed by atoms with Crippen molar-refractivity contribution in [1.82, 2.24) is 5.32 Å². The van der Waals surface area contributed by atoms with Crippen LogP contribution in [0.15, 0.2) is 24.3 Å². The van der Waals surface area contributed by atoms with Crippen molar-refractivity contribution in [2.45, 2.75) is 25.8 Å². The van der Waals surface area contributed by atoms with Crippen molar-refractivity contribution in [3.05, 3.63) is 35.4 Å². The zero-order valence-electron chi connectivity index (χ0n) is 11.1. The number of hydrogen-bond acceptors (Lipinski definition) is 3. The number of nitrogens with two attached hydrogens (primary N) is 1. The summed E-state index contributed by atoms with van der Waals surface area (Å²) in [5, 5.41) is 12.7. The first kappa shape index (κ1) is 14.0. The van der Waals surface area contributed by atoms with Crippen molar-refractivity contribution in [3.63, 3.8) is 0 Å². The Balaban J connectivity index is 1.77. The molecule has 0 spiro atoms. The fraction of sp³-hybridized carbons (Fsp3) is 0.533. The highest BCUT2D eigenvalue weighted by Gasteiger charge is 2.25. The standard InChI is InChI=1S/C15H22N2O2/c16-15(19)12-6-4-11(5-7-12)8-17-9-13-2-1-3-14(13)10-18/h4-7,13-14,17-18H,1-3,8-10H2,(H2,16,19). The number of aliphatic hydroxyl groups is 1. The second-order valence-electron chi connectivity index (χ2n) is 5.33. The third-order valence-electron chi connectivity index (χ3n) is 4.03. The van der Waals surface area contributed by atoms with Gasteiger partial charge in [-0.25, -0.2) is 0 Å². The predicted octanol–water partition coefficient (Wildman–Crippen LogP) is 1.28. The van der Waals surface area contributed by atoms with Crippen LogP contribution in [0.2, 0.25) is 0 Å². The molecule has 0 bridgehead atoms. The van der Waals surface area contributed by atoms with Crippen LogP contribution in [0.1, 0.15) is 35.2 Å². The quantitative estimate of drug-likeness (QED) is 0.723. The third kappa shape index (κ3) is 3.78. The lowest BCUT2D eigenvalue weighted by atomic mass is 9.97. The van der Waals surface area contributed by atoms with Crippen LogP contribution >= 0.6 is 0 Å². The molecule has 1 aromatic carbocycles. The van der Waals surface area contributed by atoms with E-state index in [0.717, 1.165) is 25.1 Å². The van der Waals surface area contributed by atoms with Gasteiger partial charge in [0.1, 0.15) is 0 Å². The number of nitrogens with one attached hydrogen (secondary N) is 1. The molecule has 1 aromatic rings. The molecule has 0 aliphatic heterocycles. The van der Waals surface area contributed by atoms with Crippen LogP contribution in [0, 0.1) is 11.8 Å². The van der Waals surface area contributed by atoms with Crippen molar-refractivity contribution in [2.24, 2.45) is 17.6 Å². The van der Waals surface area contributed by atoms with Gasteiger partial charge in [0.2, 0.25) is 5.91 Å². The van der Waals surface area contributed by atoms with Gasteiger partial charge in [0.05, 0.1) is 0 Å². The minimum absolute atomic E-state index is 0.305. The van der Waals surface area contributed by atoms with Gasteiger partial charge >= 0.3 is 0 Å². The molecule has 1 fully saturated rings. The molecule has 4 nitrogen and oxygen atoms in total. The molecule has 0 heterocycles. The lowest BCUT2D eigenvalue weighted by Crippen LogP contribution is -2.26. The molecule has 1 saturated carbocycles. The summed E-state index contributed by atoms with van der Waals surface area (Å²) in [5.41, 5.74) is 6.88. The number of amides is 1. The topological polar surface area (TPSA) is 75.4 Å². The van der Waals surface area contributed by atoms with Crippen LogP contribution in [-0.4, -0.2) is 24.2 Å². The Morgan fingerprint density at radius 2 is 1.95 bits per heavy atom. The summed E-state index contributed by atoms with van der Waals surface area (Å²) in [6.07, 6.45) is 3.58. The van der Waals surface area contributed by atoms with Gasteiger partial charge in [-0.1, -0.05) is 18.6 Å². The molecule has 104 valence electrons. The summed E-state index contributed by atoms with van der Waals surface area (Å²) < 4.78 is 0. The molecule has 19 heavy (non-hydrogen) atoms. The molecular formula is C15H22N2O2. The Hall–Kier alpha value is -1.39. The zero-order chi connectivity index (χ0) is 13.7. The maximum Gasteiger partial charge on any atom is 0.248 e. The molecule has 0 aromatic heterocycles. The molecule has 2 rings (SSSR count). The van der Waals surface area contributed by atoms with Crippen molar-refractivity contribution in [3.8, 4) is 0 Å². The minimum Gasteiger partial charge on any atom is -0.396 e. The van der Waals surface area contributed by atoms with E-state index in [0.29, 0.717) is 24.0 Å². The van der Waals surface area contributed by atoms with Gasteiger partial charge in [0, 0.05) is 18.7 Å². The lowest BCUT2D eigenvalue weighted by molar-refractivity contribution is 0.100. The Bertz CT molecular complexity index is 417. The predicted molar refractivity (Wildman–Crippen MR) is 74.6 cm³/mol. The average Bonchev–Trinajstić information content (AvgIpc) is 2.87. The van der Waals surface area contributed by atoms with Crippen molar-refractivity contribution >= 4 is 5.91 Å². The van der Waals surface area contributed by atoms with Crippen molar-refractivity contribution in [1.29, 1.82) is 0 Å². The zero-order valence-corrected chi connectivity index (χ0v) is 11.1. The number of carbonyl (C=O) groups is 1. The van der Waals surface area contributed by atoms with Crippen LogP contribution in [0.25, 0.3) is 0 Å². The van der Waals surface area contributed by atoms with Crippen LogP contribution in [-0.2, 0) is 6.54 Å². The van der Waals surface area contributed by atoms with E-state index in [1.807, 2.05) is 12.1 Å². The number of hydrogen-bond donors (Lipinski definition) is 3. The number of primary amides is 1. The number of carbonyl (C=O) groups excluding carboxylic acids is 1. The molecule has 1 aliphatic carbocycles. The Morgan fingerprint density at radius 1 is 1.26 bits per heavy atom. The van der Waals surface area contributed by atoms with Gasteiger partial charge < -0.3 is 16.2 Å². The first-order chi connectivity index (χ1) is 9.20. The smallest absolute Gasteiger partial charge is 0.248 e. The lowest BCUT2D eigenvalue weighted by Gasteiger charge is -2.17. The molecule has 0 radical (unpaired) electrons. The van der Waals surface area contributed by atoms with E-state index in [9.17, 15) is 9.90 Å². The highest BCUT2D eigenvalue weighted by Crippen LogP contribution is 2.30. The summed E-state index contributed by atoms with van der Waals surface area (Å²) in [5.74, 6) is 0.663. The van der Waals surface area contributed by atoms with E-state index in [1.54, 1.807) is 12.1 Å². The Labute approximate surface area is 114 Å². The van der Waals surface area contributed by atoms with E-state index >= 15 is 0 Å². The van der Waals surface area contributed by atoms with Crippen molar-refractivity contribution < 1.29 is 9.90 Å². The van der Waals surface area contributed by atoms with Gasteiger partial charge in [-0.15, -0.1) is 0 Å². The molecule has 2 atom stereocenters. The normalized spacial score (nSPS) is 22.6. The van der Waals surface area contributed by atoms with E-state index in [1.165, 1.54) is 12.8 Å². The fourth-order valence-corrected chi connectivity index (χ4v) is 2.81. The van der Waals surface area contributed by atoms with Crippen molar-refractivity contribution in [2.75, 3.05) is 13.2 Å². The summed E-state index contributed by atoms with van der Waals surface area (Å²) in [6, 6.07) is 7.35. The first-order valence-corrected chi connectivity index (χ1v) is 6.91. The van der Waals surface area contributed by atoms with E-state index in [-0.39, 0.29) is 0 Å². The molecular weight excluding hydrogens is 240 g/mol. The van der Waals surface area contributed by atoms with Gasteiger partial charge in [0.15, 0.2) is 0 Å². The third-order valence-corrected chi connectivity index (χ3v) is 4.03. The number of aliphatic hydroxyl groups excluding tert-OH is 1.